The van der Waals surface area contributed by atoms with Crippen molar-refractivity contribution >= 4 is 22.6 Å². The van der Waals surface area contributed by atoms with Gasteiger partial charge in [-0.15, -0.1) is 0 Å². The number of nitrogens with one attached hydrogen (secondary N) is 1. The Hall–Kier alpha value is -2.62. The molecule has 1 N–H and O–H groups in total. The van der Waals surface area contributed by atoms with E-state index in [-0.39, 0.29) is 5.91 Å². The number of anilines is 1. The molecule has 3 aromatic rings. The quantitative estimate of drug-likeness (QED) is 0.791. The first-order chi connectivity index (χ1) is 9.72. The number of benzene rings is 2. The van der Waals surface area contributed by atoms with Crippen LogP contribution in [-0.2, 0) is 18.3 Å². The highest BCUT2D eigenvalue weighted by atomic mass is 16.1. The number of imidazole rings is 1. The minimum absolute atomic E-state index is 0.0218. The molecule has 0 bridgehead atoms. The van der Waals surface area contributed by atoms with E-state index in [4.69, 9.17) is 0 Å². The molecule has 0 fully saturated rings. The van der Waals surface area contributed by atoms with E-state index in [1.807, 2.05) is 60.1 Å². The Kier molecular flexibility index (Phi) is 3.21. The van der Waals surface area contributed by atoms with Crippen LogP contribution in [0.25, 0.3) is 11.0 Å². The van der Waals surface area contributed by atoms with Gasteiger partial charge in [-0.05, 0) is 23.8 Å². The van der Waals surface area contributed by atoms with Gasteiger partial charge in [-0.3, -0.25) is 4.79 Å². The molecule has 0 spiro atoms. The molecule has 100 valence electrons. The average molecular weight is 265 g/mol. The third-order valence-electron chi connectivity index (χ3n) is 3.22. The Labute approximate surface area is 117 Å². The predicted octanol–water partition coefficient (Wildman–Crippen LogP) is 2.75. The Bertz CT molecular complexity index is 747. The zero-order valence-electron chi connectivity index (χ0n) is 11.2. The van der Waals surface area contributed by atoms with Crippen molar-refractivity contribution in [3.05, 3.63) is 60.4 Å². The fraction of sp³-hybridized carbons (Fsp3) is 0.125. The number of fused-ring (bicyclic) bond motifs is 1. The Balaban J connectivity index is 1.74. The molecule has 0 unspecified atom stereocenters. The smallest absolute Gasteiger partial charge is 0.228 e. The molecular weight excluding hydrogens is 250 g/mol. The molecule has 0 aliphatic heterocycles. The van der Waals surface area contributed by atoms with Crippen molar-refractivity contribution < 1.29 is 4.79 Å². The normalized spacial score (nSPS) is 10.7. The van der Waals surface area contributed by atoms with Crippen LogP contribution >= 0.6 is 0 Å². The van der Waals surface area contributed by atoms with E-state index < -0.39 is 0 Å². The first-order valence-corrected chi connectivity index (χ1v) is 6.47. The van der Waals surface area contributed by atoms with Gasteiger partial charge in [0.25, 0.3) is 0 Å². The summed E-state index contributed by atoms with van der Waals surface area (Å²) < 4.78 is 1.95. The Morgan fingerprint density at radius 2 is 2.00 bits per heavy atom. The fourth-order valence-corrected chi connectivity index (χ4v) is 2.20. The maximum atomic E-state index is 12.0. The molecule has 0 atom stereocenters. The second kappa shape index (κ2) is 5.17. The van der Waals surface area contributed by atoms with E-state index >= 15 is 0 Å². The molecule has 2 aromatic carbocycles. The van der Waals surface area contributed by atoms with Crippen molar-refractivity contribution in [3.8, 4) is 0 Å². The largest absolute Gasteiger partial charge is 0.334 e. The van der Waals surface area contributed by atoms with Gasteiger partial charge in [-0.2, -0.15) is 0 Å². The summed E-state index contributed by atoms with van der Waals surface area (Å²) in [6.07, 6.45) is 2.14. The highest BCUT2D eigenvalue weighted by Crippen LogP contribution is 2.17. The molecule has 0 aliphatic carbocycles. The summed E-state index contributed by atoms with van der Waals surface area (Å²) in [6, 6.07) is 15.4. The lowest BCUT2D eigenvalue weighted by Gasteiger charge is -2.05. The second-order valence-corrected chi connectivity index (χ2v) is 4.77. The van der Waals surface area contributed by atoms with Crippen LogP contribution < -0.4 is 5.32 Å². The van der Waals surface area contributed by atoms with Crippen LogP contribution in [0, 0.1) is 0 Å². The van der Waals surface area contributed by atoms with Gasteiger partial charge in [-0.1, -0.05) is 30.3 Å². The second-order valence-electron chi connectivity index (χ2n) is 4.77. The van der Waals surface area contributed by atoms with Gasteiger partial charge in [0, 0.05) is 12.7 Å². The summed E-state index contributed by atoms with van der Waals surface area (Å²) in [5.74, 6) is -0.0218. The molecule has 4 heteroatoms. The van der Waals surface area contributed by atoms with E-state index in [0.717, 1.165) is 22.3 Å². The molecular formula is C16H15N3O. The summed E-state index contributed by atoms with van der Waals surface area (Å²) >= 11 is 0. The maximum absolute atomic E-state index is 12.0. The number of carbonyl (C=O) groups excluding carboxylic acids is 1. The topological polar surface area (TPSA) is 46.9 Å². The number of aryl methyl sites for hydroxylation is 1. The van der Waals surface area contributed by atoms with Crippen molar-refractivity contribution in [1.29, 1.82) is 0 Å². The summed E-state index contributed by atoms with van der Waals surface area (Å²) in [4.78, 5) is 16.3. The van der Waals surface area contributed by atoms with Crippen LogP contribution in [0.4, 0.5) is 5.69 Å². The third kappa shape index (κ3) is 2.54. The molecule has 1 amide bonds. The molecule has 4 nitrogen and oxygen atoms in total. The number of aromatic nitrogens is 2. The van der Waals surface area contributed by atoms with Gasteiger partial charge < -0.3 is 9.88 Å². The van der Waals surface area contributed by atoms with Crippen LogP contribution in [0.5, 0.6) is 0 Å². The van der Waals surface area contributed by atoms with Gasteiger partial charge in [0.05, 0.1) is 23.8 Å². The first-order valence-electron chi connectivity index (χ1n) is 6.47. The molecule has 1 aromatic heterocycles. The van der Waals surface area contributed by atoms with Crippen molar-refractivity contribution in [1.82, 2.24) is 9.55 Å². The Morgan fingerprint density at radius 3 is 2.80 bits per heavy atom. The maximum Gasteiger partial charge on any atom is 0.228 e. The zero-order chi connectivity index (χ0) is 13.9. The van der Waals surface area contributed by atoms with Gasteiger partial charge in [-0.25, -0.2) is 4.98 Å². The molecule has 0 saturated carbocycles. The van der Waals surface area contributed by atoms with E-state index in [2.05, 4.69) is 10.3 Å². The number of amides is 1. The molecule has 1 heterocycles. The molecule has 0 radical (unpaired) electrons. The van der Waals surface area contributed by atoms with Crippen molar-refractivity contribution in [2.75, 3.05) is 5.32 Å². The molecule has 0 aliphatic rings. The first kappa shape index (κ1) is 12.4. The summed E-state index contributed by atoms with van der Waals surface area (Å²) in [6.45, 7) is 0. The predicted molar refractivity (Wildman–Crippen MR) is 79.5 cm³/mol. The monoisotopic (exact) mass is 265 g/mol. The minimum atomic E-state index is -0.0218. The van der Waals surface area contributed by atoms with Crippen LogP contribution in [-0.4, -0.2) is 15.5 Å². The van der Waals surface area contributed by atoms with Crippen molar-refractivity contribution in [2.24, 2.45) is 7.05 Å². The SMILES string of the molecule is Cn1cnc2cc(NC(=O)Cc3ccccc3)ccc21. The van der Waals surface area contributed by atoms with E-state index in [0.29, 0.717) is 6.42 Å². The van der Waals surface area contributed by atoms with Crippen LogP contribution in [0.3, 0.4) is 0 Å². The van der Waals surface area contributed by atoms with Gasteiger partial charge >= 0.3 is 0 Å². The number of nitrogens with zero attached hydrogens (tertiary/aromatic N) is 2. The van der Waals surface area contributed by atoms with E-state index in [1.165, 1.54) is 0 Å². The number of carbonyl (C=O) groups is 1. The van der Waals surface area contributed by atoms with Crippen LogP contribution in [0.1, 0.15) is 5.56 Å². The van der Waals surface area contributed by atoms with Crippen LogP contribution in [0.2, 0.25) is 0 Å². The Morgan fingerprint density at radius 1 is 1.20 bits per heavy atom. The average Bonchev–Trinajstić information content (AvgIpc) is 2.81. The zero-order valence-corrected chi connectivity index (χ0v) is 11.2. The lowest BCUT2D eigenvalue weighted by atomic mass is 10.1. The van der Waals surface area contributed by atoms with Crippen molar-refractivity contribution in [2.45, 2.75) is 6.42 Å². The minimum Gasteiger partial charge on any atom is -0.334 e. The highest BCUT2D eigenvalue weighted by Gasteiger charge is 2.06. The lowest BCUT2D eigenvalue weighted by molar-refractivity contribution is -0.115. The summed E-state index contributed by atoms with van der Waals surface area (Å²) in [5.41, 5.74) is 3.71. The van der Waals surface area contributed by atoms with Crippen LogP contribution in [0.15, 0.2) is 54.9 Å². The third-order valence-corrected chi connectivity index (χ3v) is 3.22. The highest BCUT2D eigenvalue weighted by molar-refractivity contribution is 5.94. The molecule has 3 rings (SSSR count). The summed E-state index contributed by atoms with van der Waals surface area (Å²) in [5, 5.41) is 2.90. The van der Waals surface area contributed by atoms with Crippen molar-refractivity contribution in [3.63, 3.8) is 0 Å². The standard InChI is InChI=1S/C16H15N3O/c1-19-11-17-14-10-13(7-8-15(14)19)18-16(20)9-12-5-3-2-4-6-12/h2-8,10-11H,9H2,1H3,(H,18,20). The number of rotatable bonds is 3. The number of hydrogen-bond donors (Lipinski definition) is 1. The van der Waals surface area contributed by atoms with E-state index in [1.54, 1.807) is 6.33 Å². The summed E-state index contributed by atoms with van der Waals surface area (Å²) in [7, 11) is 1.95. The fourth-order valence-electron chi connectivity index (χ4n) is 2.20. The van der Waals surface area contributed by atoms with Gasteiger partial charge in [0.15, 0.2) is 0 Å². The van der Waals surface area contributed by atoms with Gasteiger partial charge in [0.2, 0.25) is 5.91 Å². The molecule has 20 heavy (non-hydrogen) atoms. The van der Waals surface area contributed by atoms with E-state index in [9.17, 15) is 4.79 Å². The lowest BCUT2D eigenvalue weighted by Crippen LogP contribution is -2.14. The number of hydrogen-bond acceptors (Lipinski definition) is 2. The molecule has 0 saturated heterocycles. The van der Waals surface area contributed by atoms with Gasteiger partial charge in [0.1, 0.15) is 0 Å².